The second-order valence-corrected chi connectivity index (χ2v) is 10.6. The first kappa shape index (κ1) is 23.9. The number of nitrogens with zero attached hydrogens (tertiary/aromatic N) is 2. The van der Waals surface area contributed by atoms with Crippen molar-refractivity contribution in [3.63, 3.8) is 0 Å². The van der Waals surface area contributed by atoms with Gasteiger partial charge >= 0.3 is 0 Å². The van der Waals surface area contributed by atoms with Gasteiger partial charge in [-0.1, -0.05) is 62.1 Å². The molecule has 2 amide bonds. The summed E-state index contributed by atoms with van der Waals surface area (Å²) in [5.74, 6) is 0.798. The molecule has 6 nitrogen and oxygen atoms in total. The van der Waals surface area contributed by atoms with Crippen LogP contribution in [-0.2, 0) is 29.1 Å². The van der Waals surface area contributed by atoms with Crippen molar-refractivity contribution >= 4 is 11.8 Å². The van der Waals surface area contributed by atoms with Crippen LogP contribution >= 0.6 is 0 Å². The number of carbonyl (C=O) groups is 2. The average molecular weight is 476 g/mol. The molecule has 3 aliphatic rings. The molecule has 2 aromatic carbocycles. The van der Waals surface area contributed by atoms with E-state index in [9.17, 15) is 9.59 Å². The molecule has 1 saturated heterocycles. The molecule has 2 heterocycles. The number of rotatable bonds is 5. The SMILES string of the molecule is COc1ccc(CN2C(=O)[C@@H]3Cc4ccccc4CN3C[C@@]2(C)C(=O)NC2CCCCCC2)cc1. The van der Waals surface area contributed by atoms with Crippen LogP contribution in [0.1, 0.15) is 62.1 Å². The maximum Gasteiger partial charge on any atom is 0.247 e. The number of carbonyl (C=O) groups excluding carboxylic acids is 2. The third-order valence-electron chi connectivity index (χ3n) is 8.18. The van der Waals surface area contributed by atoms with Crippen molar-refractivity contribution in [3.05, 3.63) is 65.2 Å². The highest BCUT2D eigenvalue weighted by Gasteiger charge is 2.52. The summed E-state index contributed by atoms with van der Waals surface area (Å²) in [6.07, 6.45) is 7.51. The van der Waals surface area contributed by atoms with Gasteiger partial charge in [0, 0.05) is 25.7 Å². The van der Waals surface area contributed by atoms with Crippen LogP contribution in [0.3, 0.4) is 0 Å². The predicted octanol–water partition coefficient (Wildman–Crippen LogP) is 4.06. The Hall–Kier alpha value is -2.86. The lowest BCUT2D eigenvalue weighted by atomic mass is 9.84. The second-order valence-electron chi connectivity index (χ2n) is 10.6. The van der Waals surface area contributed by atoms with Crippen LogP contribution in [0.15, 0.2) is 48.5 Å². The highest BCUT2D eigenvalue weighted by molar-refractivity contribution is 5.95. The zero-order valence-electron chi connectivity index (χ0n) is 21.0. The lowest BCUT2D eigenvalue weighted by Gasteiger charge is -2.52. The van der Waals surface area contributed by atoms with Gasteiger partial charge < -0.3 is 15.0 Å². The molecular weight excluding hydrogens is 438 g/mol. The van der Waals surface area contributed by atoms with E-state index in [1.807, 2.05) is 42.2 Å². The Morgan fingerprint density at radius 1 is 1.03 bits per heavy atom. The van der Waals surface area contributed by atoms with Crippen molar-refractivity contribution in [2.75, 3.05) is 13.7 Å². The zero-order chi connectivity index (χ0) is 24.4. The number of benzene rings is 2. The molecular formula is C29H37N3O3. The highest BCUT2D eigenvalue weighted by atomic mass is 16.5. The Morgan fingerprint density at radius 3 is 2.40 bits per heavy atom. The predicted molar refractivity (Wildman–Crippen MR) is 136 cm³/mol. The molecule has 6 heteroatoms. The second kappa shape index (κ2) is 10.0. The van der Waals surface area contributed by atoms with E-state index in [0.29, 0.717) is 26.1 Å². The van der Waals surface area contributed by atoms with Crippen LogP contribution in [0.5, 0.6) is 5.75 Å². The molecule has 1 saturated carbocycles. The third kappa shape index (κ3) is 4.81. The first-order valence-corrected chi connectivity index (χ1v) is 13.0. The number of piperazine rings is 1. The quantitative estimate of drug-likeness (QED) is 0.663. The Morgan fingerprint density at radius 2 is 1.71 bits per heavy atom. The van der Waals surface area contributed by atoms with Gasteiger partial charge in [-0.3, -0.25) is 14.5 Å². The summed E-state index contributed by atoms with van der Waals surface area (Å²) in [6, 6.07) is 16.1. The number of methoxy groups -OCH3 is 1. The summed E-state index contributed by atoms with van der Waals surface area (Å²) in [7, 11) is 1.65. The number of amides is 2. The van der Waals surface area contributed by atoms with Gasteiger partial charge in [-0.05, 0) is 55.0 Å². The molecule has 5 rings (SSSR count). The molecule has 1 aliphatic carbocycles. The van der Waals surface area contributed by atoms with E-state index < -0.39 is 5.54 Å². The Kier molecular flexibility index (Phi) is 6.83. The number of ether oxygens (including phenoxy) is 1. The molecule has 2 aromatic rings. The molecule has 1 N–H and O–H groups in total. The molecule has 0 spiro atoms. The highest BCUT2D eigenvalue weighted by Crippen LogP contribution is 2.35. The van der Waals surface area contributed by atoms with E-state index >= 15 is 0 Å². The van der Waals surface area contributed by atoms with Gasteiger partial charge in [-0.2, -0.15) is 0 Å². The first-order chi connectivity index (χ1) is 17.0. The van der Waals surface area contributed by atoms with Gasteiger partial charge in [0.2, 0.25) is 11.8 Å². The standard InChI is InChI=1S/C29H37N3O3/c1-29(28(34)30-24-11-5-3-4-6-12-24)20-31-19-23-10-8-7-9-22(23)17-26(31)27(33)32(29)18-21-13-15-25(35-2)16-14-21/h7-10,13-16,24,26H,3-6,11-12,17-20H2,1-2H3,(H,30,34)/t26-,29-/m0/s1. The largest absolute Gasteiger partial charge is 0.497 e. The molecule has 2 fully saturated rings. The molecule has 186 valence electrons. The Bertz CT molecular complexity index is 1060. The fourth-order valence-electron chi connectivity index (χ4n) is 6.02. The lowest BCUT2D eigenvalue weighted by Crippen LogP contribution is -2.72. The summed E-state index contributed by atoms with van der Waals surface area (Å²) in [4.78, 5) is 32.0. The van der Waals surface area contributed by atoms with Gasteiger partial charge in [-0.15, -0.1) is 0 Å². The van der Waals surface area contributed by atoms with E-state index in [-0.39, 0.29) is 23.9 Å². The van der Waals surface area contributed by atoms with E-state index in [1.54, 1.807) is 7.11 Å². The van der Waals surface area contributed by atoms with Crippen molar-refractivity contribution in [3.8, 4) is 5.75 Å². The monoisotopic (exact) mass is 475 g/mol. The minimum atomic E-state index is -0.938. The molecule has 2 atom stereocenters. The van der Waals surface area contributed by atoms with Crippen molar-refractivity contribution in [2.45, 2.75) is 82.6 Å². The molecule has 2 aliphatic heterocycles. The van der Waals surface area contributed by atoms with E-state index in [4.69, 9.17) is 4.74 Å². The third-order valence-corrected chi connectivity index (χ3v) is 8.18. The van der Waals surface area contributed by atoms with E-state index in [1.165, 1.54) is 24.0 Å². The minimum Gasteiger partial charge on any atom is -0.497 e. The fourth-order valence-corrected chi connectivity index (χ4v) is 6.02. The number of hydrogen-bond acceptors (Lipinski definition) is 4. The molecule has 0 radical (unpaired) electrons. The topological polar surface area (TPSA) is 61.9 Å². The smallest absolute Gasteiger partial charge is 0.247 e. The van der Waals surface area contributed by atoms with Crippen LogP contribution in [0.25, 0.3) is 0 Å². The maximum atomic E-state index is 14.0. The van der Waals surface area contributed by atoms with Crippen molar-refractivity contribution in [1.82, 2.24) is 15.1 Å². The van der Waals surface area contributed by atoms with Crippen LogP contribution < -0.4 is 10.1 Å². The average Bonchev–Trinajstić information content (AvgIpc) is 3.14. The Labute approximate surface area is 208 Å². The van der Waals surface area contributed by atoms with Crippen LogP contribution in [0, 0.1) is 0 Å². The lowest BCUT2D eigenvalue weighted by molar-refractivity contribution is -0.163. The van der Waals surface area contributed by atoms with Gasteiger partial charge in [0.25, 0.3) is 0 Å². The van der Waals surface area contributed by atoms with Gasteiger partial charge in [0.1, 0.15) is 11.3 Å². The van der Waals surface area contributed by atoms with Crippen LogP contribution in [-0.4, -0.2) is 52.9 Å². The van der Waals surface area contributed by atoms with Gasteiger partial charge in [0.15, 0.2) is 0 Å². The summed E-state index contributed by atoms with van der Waals surface area (Å²) in [6.45, 7) is 3.60. The van der Waals surface area contributed by atoms with Crippen molar-refractivity contribution in [1.29, 1.82) is 0 Å². The van der Waals surface area contributed by atoms with Gasteiger partial charge in [-0.25, -0.2) is 0 Å². The van der Waals surface area contributed by atoms with Crippen molar-refractivity contribution in [2.24, 2.45) is 0 Å². The molecule has 35 heavy (non-hydrogen) atoms. The van der Waals surface area contributed by atoms with Crippen LogP contribution in [0.4, 0.5) is 0 Å². The van der Waals surface area contributed by atoms with Gasteiger partial charge in [0.05, 0.1) is 13.2 Å². The summed E-state index contributed by atoms with van der Waals surface area (Å²) < 4.78 is 5.31. The number of hydrogen-bond donors (Lipinski definition) is 1. The molecule has 0 aromatic heterocycles. The maximum absolute atomic E-state index is 14.0. The molecule has 0 unspecified atom stereocenters. The van der Waals surface area contributed by atoms with E-state index in [2.05, 4.69) is 28.4 Å². The van der Waals surface area contributed by atoms with Crippen LogP contribution in [0.2, 0.25) is 0 Å². The normalized spacial score (nSPS) is 25.4. The molecule has 0 bridgehead atoms. The van der Waals surface area contributed by atoms with E-state index in [0.717, 1.165) is 37.0 Å². The summed E-state index contributed by atoms with van der Waals surface area (Å²) in [5, 5.41) is 3.36. The zero-order valence-corrected chi connectivity index (χ0v) is 21.0. The minimum absolute atomic E-state index is 0.0245. The number of nitrogens with one attached hydrogen (secondary N) is 1. The fraction of sp³-hybridized carbons (Fsp3) is 0.517. The summed E-state index contributed by atoms with van der Waals surface area (Å²) >= 11 is 0. The van der Waals surface area contributed by atoms with Crippen molar-refractivity contribution < 1.29 is 14.3 Å². The summed E-state index contributed by atoms with van der Waals surface area (Å²) in [5.41, 5.74) is 2.55. The number of fused-ring (bicyclic) bond motifs is 2. The Balaban J connectivity index is 1.44. The first-order valence-electron chi connectivity index (χ1n) is 13.0.